The maximum Gasteiger partial charge on any atom is 0.0992 e. The van der Waals surface area contributed by atoms with Crippen LogP contribution in [-0.4, -0.2) is 17.5 Å². The van der Waals surface area contributed by atoms with Crippen LogP contribution in [0.15, 0.2) is 24.3 Å². The van der Waals surface area contributed by atoms with Crippen molar-refractivity contribution < 1.29 is 0 Å². The van der Waals surface area contributed by atoms with Gasteiger partial charge in [0.1, 0.15) is 0 Å². The van der Waals surface area contributed by atoms with Gasteiger partial charge in [-0.05, 0) is 36.8 Å². The Morgan fingerprint density at radius 1 is 1.53 bits per heavy atom. The highest BCUT2D eigenvalue weighted by molar-refractivity contribution is 8.00. The van der Waals surface area contributed by atoms with Crippen molar-refractivity contribution in [2.75, 3.05) is 17.6 Å². The number of nitrogens with one attached hydrogen (secondary N) is 1. The number of benzene rings is 1. The molecule has 0 saturated carbocycles. The van der Waals surface area contributed by atoms with Gasteiger partial charge in [0.15, 0.2) is 0 Å². The Morgan fingerprint density at radius 3 is 3.20 bits per heavy atom. The van der Waals surface area contributed by atoms with Gasteiger partial charge in [0.25, 0.3) is 0 Å². The number of rotatable bonds is 3. The molecule has 1 aromatic carbocycles. The second kappa shape index (κ2) is 5.09. The number of nitrogens with zero attached hydrogens (tertiary/aromatic N) is 1. The van der Waals surface area contributed by atoms with Gasteiger partial charge in [0, 0.05) is 17.5 Å². The minimum atomic E-state index is 0.721. The fraction of sp³-hybridized carbons (Fsp3) is 0.417. The molecule has 1 aromatic rings. The third-order valence-corrected chi connectivity index (χ3v) is 3.95. The van der Waals surface area contributed by atoms with Crippen LogP contribution in [0.3, 0.4) is 0 Å². The van der Waals surface area contributed by atoms with Crippen molar-refractivity contribution in [2.45, 2.75) is 18.1 Å². The summed E-state index contributed by atoms with van der Waals surface area (Å²) in [5, 5.41) is 12.9. The second-order valence-electron chi connectivity index (χ2n) is 3.71. The van der Waals surface area contributed by atoms with Crippen molar-refractivity contribution in [3.05, 3.63) is 29.8 Å². The summed E-state index contributed by atoms with van der Waals surface area (Å²) in [6, 6.07) is 9.82. The van der Waals surface area contributed by atoms with Crippen molar-refractivity contribution in [3.8, 4) is 6.07 Å². The average molecular weight is 218 g/mol. The minimum Gasteiger partial charge on any atom is -0.384 e. The van der Waals surface area contributed by atoms with E-state index in [2.05, 4.69) is 11.4 Å². The average Bonchev–Trinajstić information content (AvgIpc) is 2.79. The Kier molecular flexibility index (Phi) is 3.52. The fourth-order valence-corrected chi connectivity index (χ4v) is 2.94. The molecule has 1 aliphatic heterocycles. The van der Waals surface area contributed by atoms with Crippen LogP contribution < -0.4 is 5.32 Å². The first-order valence-corrected chi connectivity index (χ1v) is 6.29. The van der Waals surface area contributed by atoms with Crippen LogP contribution in [0.25, 0.3) is 0 Å². The van der Waals surface area contributed by atoms with Crippen LogP contribution in [0.1, 0.15) is 18.4 Å². The highest BCUT2D eigenvalue weighted by Crippen LogP contribution is 2.26. The van der Waals surface area contributed by atoms with Gasteiger partial charge in [-0.3, -0.25) is 0 Å². The van der Waals surface area contributed by atoms with Crippen LogP contribution in [-0.2, 0) is 0 Å². The van der Waals surface area contributed by atoms with E-state index in [9.17, 15) is 0 Å². The standard InChI is InChI=1S/C12H14N2S/c13-8-10-3-1-4-11(7-10)14-9-12-5-2-6-15-12/h1,3-4,7,12,14H,2,5-6,9H2. The van der Waals surface area contributed by atoms with Gasteiger partial charge in [-0.1, -0.05) is 6.07 Å². The van der Waals surface area contributed by atoms with Crippen LogP contribution in [0.5, 0.6) is 0 Å². The van der Waals surface area contributed by atoms with Gasteiger partial charge in [0.2, 0.25) is 0 Å². The Labute approximate surface area is 94.7 Å². The van der Waals surface area contributed by atoms with Crippen LogP contribution in [0, 0.1) is 11.3 Å². The molecule has 1 unspecified atom stereocenters. The Bertz CT molecular complexity index is 364. The molecule has 78 valence electrons. The Morgan fingerprint density at radius 2 is 2.47 bits per heavy atom. The molecule has 0 aromatic heterocycles. The van der Waals surface area contributed by atoms with E-state index >= 15 is 0 Å². The fourth-order valence-electron chi connectivity index (χ4n) is 1.74. The lowest BCUT2D eigenvalue weighted by atomic mass is 10.2. The summed E-state index contributed by atoms with van der Waals surface area (Å²) in [6.07, 6.45) is 2.66. The maximum absolute atomic E-state index is 8.76. The first-order valence-electron chi connectivity index (χ1n) is 5.24. The van der Waals surface area contributed by atoms with E-state index < -0.39 is 0 Å². The smallest absolute Gasteiger partial charge is 0.0992 e. The number of hydrogen-bond donors (Lipinski definition) is 1. The second-order valence-corrected chi connectivity index (χ2v) is 5.12. The Hall–Kier alpha value is -1.14. The third-order valence-electron chi connectivity index (χ3n) is 2.55. The highest BCUT2D eigenvalue weighted by Gasteiger charge is 2.14. The quantitative estimate of drug-likeness (QED) is 0.847. The molecule has 2 rings (SSSR count). The SMILES string of the molecule is N#Cc1cccc(NCC2CCCS2)c1. The molecule has 1 N–H and O–H groups in total. The van der Waals surface area contributed by atoms with Gasteiger partial charge in [-0.2, -0.15) is 17.0 Å². The molecule has 0 radical (unpaired) electrons. The predicted octanol–water partition coefficient (Wildman–Crippen LogP) is 2.87. The first kappa shape index (κ1) is 10.4. The first-order chi connectivity index (χ1) is 7.38. The van der Waals surface area contributed by atoms with Crippen LogP contribution in [0.2, 0.25) is 0 Å². The molecule has 1 heterocycles. The zero-order chi connectivity index (χ0) is 10.5. The summed E-state index contributed by atoms with van der Waals surface area (Å²) in [4.78, 5) is 0. The molecule has 0 amide bonds. The lowest BCUT2D eigenvalue weighted by molar-refractivity contribution is 0.805. The van der Waals surface area contributed by atoms with Gasteiger partial charge in [-0.25, -0.2) is 0 Å². The van der Waals surface area contributed by atoms with E-state index in [4.69, 9.17) is 5.26 Å². The monoisotopic (exact) mass is 218 g/mol. The number of anilines is 1. The molecule has 3 heteroatoms. The normalized spacial score (nSPS) is 19.8. The molecule has 1 fully saturated rings. The van der Waals surface area contributed by atoms with Crippen molar-refractivity contribution in [2.24, 2.45) is 0 Å². The molecule has 1 atom stereocenters. The largest absolute Gasteiger partial charge is 0.384 e. The summed E-state index contributed by atoms with van der Waals surface area (Å²) in [5.41, 5.74) is 1.78. The topological polar surface area (TPSA) is 35.8 Å². The molecular weight excluding hydrogens is 204 g/mol. The van der Waals surface area contributed by atoms with Crippen molar-refractivity contribution in [1.82, 2.24) is 0 Å². The molecule has 0 aliphatic carbocycles. The van der Waals surface area contributed by atoms with E-state index in [0.717, 1.165) is 23.0 Å². The van der Waals surface area contributed by atoms with E-state index in [-0.39, 0.29) is 0 Å². The zero-order valence-electron chi connectivity index (χ0n) is 8.57. The molecule has 15 heavy (non-hydrogen) atoms. The zero-order valence-corrected chi connectivity index (χ0v) is 9.39. The third kappa shape index (κ3) is 2.90. The summed E-state index contributed by atoms with van der Waals surface area (Å²) < 4.78 is 0. The predicted molar refractivity (Wildman–Crippen MR) is 65.1 cm³/mol. The summed E-state index contributed by atoms with van der Waals surface area (Å²) >= 11 is 2.04. The Balaban J connectivity index is 1.90. The van der Waals surface area contributed by atoms with Gasteiger partial charge in [-0.15, -0.1) is 0 Å². The van der Waals surface area contributed by atoms with E-state index in [1.54, 1.807) is 0 Å². The molecule has 0 bridgehead atoms. The van der Waals surface area contributed by atoms with Crippen molar-refractivity contribution >= 4 is 17.4 Å². The summed E-state index contributed by atoms with van der Waals surface area (Å²) in [6.45, 7) is 1.01. The van der Waals surface area contributed by atoms with Gasteiger partial charge < -0.3 is 5.32 Å². The van der Waals surface area contributed by atoms with Crippen molar-refractivity contribution in [1.29, 1.82) is 5.26 Å². The van der Waals surface area contributed by atoms with Crippen molar-refractivity contribution in [3.63, 3.8) is 0 Å². The minimum absolute atomic E-state index is 0.721. The molecule has 0 spiro atoms. The van der Waals surface area contributed by atoms with Gasteiger partial charge >= 0.3 is 0 Å². The van der Waals surface area contributed by atoms with Gasteiger partial charge in [0.05, 0.1) is 11.6 Å². The van der Waals surface area contributed by atoms with Crippen LogP contribution in [0.4, 0.5) is 5.69 Å². The number of hydrogen-bond acceptors (Lipinski definition) is 3. The molecule has 1 aliphatic rings. The molecule has 1 saturated heterocycles. The van der Waals surface area contributed by atoms with E-state index in [0.29, 0.717) is 0 Å². The van der Waals surface area contributed by atoms with E-state index in [1.807, 2.05) is 36.0 Å². The molecule has 2 nitrogen and oxygen atoms in total. The summed E-state index contributed by atoms with van der Waals surface area (Å²) in [7, 11) is 0. The highest BCUT2D eigenvalue weighted by atomic mass is 32.2. The lowest BCUT2D eigenvalue weighted by Crippen LogP contribution is -2.13. The number of thioether (sulfide) groups is 1. The lowest BCUT2D eigenvalue weighted by Gasteiger charge is -2.11. The number of nitriles is 1. The summed E-state index contributed by atoms with van der Waals surface area (Å²) in [5.74, 6) is 1.30. The molecular formula is C12H14N2S. The van der Waals surface area contributed by atoms with E-state index in [1.165, 1.54) is 18.6 Å². The van der Waals surface area contributed by atoms with Crippen LogP contribution >= 0.6 is 11.8 Å². The maximum atomic E-state index is 8.76.